The van der Waals surface area contributed by atoms with E-state index in [2.05, 4.69) is 106 Å². The quantitative estimate of drug-likeness (QED) is 0.203. The summed E-state index contributed by atoms with van der Waals surface area (Å²) >= 11 is 0. The first kappa shape index (κ1) is 31.6. The monoisotopic (exact) mass is 628 g/mol. The van der Waals surface area contributed by atoms with Crippen molar-refractivity contribution in [2.24, 2.45) is 0 Å². The van der Waals surface area contributed by atoms with Crippen molar-refractivity contribution in [3.05, 3.63) is 182 Å². The zero-order valence-corrected chi connectivity index (χ0v) is 26.8. The molecule has 0 unspecified atom stereocenters. The number of nitrogens with zero attached hydrogens (tertiary/aromatic N) is 4. The summed E-state index contributed by atoms with van der Waals surface area (Å²) in [5.41, 5.74) is 11.4. The van der Waals surface area contributed by atoms with Gasteiger partial charge in [0.25, 0.3) is 0 Å². The summed E-state index contributed by atoms with van der Waals surface area (Å²) in [5, 5.41) is 17.3. The van der Waals surface area contributed by atoms with Crippen LogP contribution in [-0.2, 0) is 0 Å². The Labute approximate surface area is 280 Å². The smallest absolute Gasteiger partial charge is 0.115 e. The van der Waals surface area contributed by atoms with Gasteiger partial charge in [0, 0.05) is 47.3 Å². The molecule has 0 aliphatic rings. The molecule has 6 nitrogen and oxygen atoms in total. The topological polar surface area (TPSA) is 76.1 Å². The predicted molar refractivity (Wildman–Crippen MR) is 195 cm³/mol. The molecule has 0 atom stereocenters. The molecule has 2 N–H and O–H groups in total. The molecule has 4 aromatic heterocycles. The van der Waals surface area contributed by atoms with E-state index >= 15 is 0 Å². The number of benzene rings is 4. The third-order valence-electron chi connectivity index (χ3n) is 7.78. The minimum atomic E-state index is 0.322. The SMILES string of the molecule is Cc1ccc(-n2c(-c3cccnc3)cc3c2cc(-c2cccnc2)n3-c2ccc(C)cc2)cc1.Oc1ccccc1.Oc1ccccc1. The molecule has 0 saturated heterocycles. The van der Waals surface area contributed by atoms with Crippen LogP contribution in [0.4, 0.5) is 0 Å². The van der Waals surface area contributed by atoms with Gasteiger partial charge in [0.15, 0.2) is 0 Å². The highest BCUT2D eigenvalue weighted by Gasteiger charge is 2.20. The fraction of sp³-hybridized carbons (Fsp3) is 0.0476. The van der Waals surface area contributed by atoms with Gasteiger partial charge in [-0.2, -0.15) is 0 Å². The Balaban J connectivity index is 0.000000237. The number of rotatable bonds is 4. The van der Waals surface area contributed by atoms with Gasteiger partial charge in [-0.3, -0.25) is 9.97 Å². The lowest BCUT2D eigenvalue weighted by Gasteiger charge is -2.12. The molecule has 0 radical (unpaired) electrons. The largest absolute Gasteiger partial charge is 0.508 e. The van der Waals surface area contributed by atoms with Crippen LogP contribution in [0, 0.1) is 13.8 Å². The summed E-state index contributed by atoms with van der Waals surface area (Å²) in [4.78, 5) is 8.78. The van der Waals surface area contributed by atoms with E-state index in [4.69, 9.17) is 10.2 Å². The Kier molecular flexibility index (Phi) is 9.73. The Hall–Kier alpha value is -6.40. The van der Waals surface area contributed by atoms with E-state index in [0.29, 0.717) is 11.5 Å². The number of aryl methyl sites for hydroxylation is 2. The van der Waals surface area contributed by atoms with Crippen molar-refractivity contribution < 1.29 is 10.2 Å². The molecule has 4 aromatic carbocycles. The third kappa shape index (κ3) is 7.35. The Morgan fingerprint density at radius 2 is 0.812 bits per heavy atom. The molecule has 0 aliphatic heterocycles. The molecule has 8 rings (SSSR count). The highest BCUT2D eigenvalue weighted by atomic mass is 16.3. The normalized spacial score (nSPS) is 10.5. The second-order valence-corrected chi connectivity index (χ2v) is 11.3. The lowest BCUT2D eigenvalue weighted by Crippen LogP contribution is -1.97. The first-order valence-electron chi connectivity index (χ1n) is 15.7. The molecule has 236 valence electrons. The number of hydrogen-bond acceptors (Lipinski definition) is 4. The molecule has 4 heterocycles. The van der Waals surface area contributed by atoms with Crippen LogP contribution >= 0.6 is 0 Å². The van der Waals surface area contributed by atoms with Crippen LogP contribution in [0.2, 0.25) is 0 Å². The summed E-state index contributed by atoms with van der Waals surface area (Å²) in [5.74, 6) is 0.644. The highest BCUT2D eigenvalue weighted by molar-refractivity contribution is 5.93. The van der Waals surface area contributed by atoms with Crippen LogP contribution in [0.3, 0.4) is 0 Å². The zero-order valence-electron chi connectivity index (χ0n) is 26.8. The van der Waals surface area contributed by atoms with Crippen LogP contribution in [0.15, 0.2) is 170 Å². The molecule has 0 amide bonds. The summed E-state index contributed by atoms with van der Waals surface area (Å²) in [6.45, 7) is 4.23. The average Bonchev–Trinajstić information content (AvgIpc) is 3.68. The maximum Gasteiger partial charge on any atom is 0.115 e. The van der Waals surface area contributed by atoms with Gasteiger partial charge in [-0.25, -0.2) is 0 Å². The van der Waals surface area contributed by atoms with Gasteiger partial charge >= 0.3 is 0 Å². The number of para-hydroxylation sites is 2. The number of aromatic nitrogens is 4. The molecule has 48 heavy (non-hydrogen) atoms. The minimum absolute atomic E-state index is 0.322. The van der Waals surface area contributed by atoms with E-state index in [-0.39, 0.29) is 0 Å². The predicted octanol–water partition coefficient (Wildman–Crippen LogP) is 9.95. The summed E-state index contributed by atoms with van der Waals surface area (Å²) < 4.78 is 4.66. The second-order valence-electron chi connectivity index (χ2n) is 11.3. The Morgan fingerprint density at radius 1 is 0.438 bits per heavy atom. The first-order chi connectivity index (χ1) is 23.5. The maximum atomic E-state index is 8.63. The number of phenolic OH excluding ortho intramolecular Hbond substituents is 2. The first-order valence-corrected chi connectivity index (χ1v) is 15.7. The van der Waals surface area contributed by atoms with Crippen LogP contribution in [-0.4, -0.2) is 29.3 Å². The number of hydrogen-bond donors (Lipinski definition) is 2. The Morgan fingerprint density at radius 3 is 1.10 bits per heavy atom. The Bertz CT molecular complexity index is 2010. The van der Waals surface area contributed by atoms with E-state index in [1.807, 2.05) is 49.1 Å². The van der Waals surface area contributed by atoms with Crippen molar-refractivity contribution in [1.29, 1.82) is 0 Å². The van der Waals surface area contributed by atoms with Gasteiger partial charge in [0.1, 0.15) is 11.5 Å². The van der Waals surface area contributed by atoms with E-state index in [0.717, 1.165) is 44.9 Å². The van der Waals surface area contributed by atoms with E-state index in [1.165, 1.54) is 11.1 Å². The van der Waals surface area contributed by atoms with Crippen LogP contribution in [0.5, 0.6) is 11.5 Å². The van der Waals surface area contributed by atoms with Crippen LogP contribution < -0.4 is 0 Å². The molecule has 0 aliphatic carbocycles. The third-order valence-corrected chi connectivity index (χ3v) is 7.78. The van der Waals surface area contributed by atoms with Crippen molar-refractivity contribution >= 4 is 11.0 Å². The average molecular weight is 629 g/mol. The molecule has 0 bridgehead atoms. The number of aromatic hydroxyl groups is 2. The van der Waals surface area contributed by atoms with Crippen molar-refractivity contribution in [3.63, 3.8) is 0 Å². The number of phenols is 2. The van der Waals surface area contributed by atoms with Crippen LogP contribution in [0.1, 0.15) is 11.1 Å². The fourth-order valence-corrected chi connectivity index (χ4v) is 5.41. The highest BCUT2D eigenvalue weighted by Crippen LogP contribution is 2.38. The summed E-state index contributed by atoms with van der Waals surface area (Å²) in [7, 11) is 0. The van der Waals surface area contributed by atoms with Gasteiger partial charge in [0.2, 0.25) is 0 Å². The lowest BCUT2D eigenvalue weighted by atomic mass is 10.1. The van der Waals surface area contributed by atoms with E-state index < -0.39 is 0 Å². The second kappa shape index (κ2) is 14.8. The van der Waals surface area contributed by atoms with Gasteiger partial charge in [-0.1, -0.05) is 71.8 Å². The minimum Gasteiger partial charge on any atom is -0.508 e. The van der Waals surface area contributed by atoms with Crippen molar-refractivity contribution in [2.75, 3.05) is 0 Å². The van der Waals surface area contributed by atoms with Gasteiger partial charge in [-0.15, -0.1) is 0 Å². The molecule has 0 fully saturated rings. The maximum absolute atomic E-state index is 8.63. The molecular weight excluding hydrogens is 592 g/mol. The van der Waals surface area contributed by atoms with Gasteiger partial charge < -0.3 is 19.3 Å². The molecule has 8 aromatic rings. The number of pyridine rings is 2. The summed E-state index contributed by atoms with van der Waals surface area (Å²) in [6, 6.07) is 47.5. The van der Waals surface area contributed by atoms with Crippen molar-refractivity contribution in [1.82, 2.24) is 19.1 Å². The van der Waals surface area contributed by atoms with Gasteiger partial charge in [-0.05, 0) is 98.8 Å². The zero-order chi connectivity index (χ0) is 33.3. The fourth-order valence-electron chi connectivity index (χ4n) is 5.41. The molecule has 0 saturated carbocycles. The molecule has 6 heteroatoms. The summed E-state index contributed by atoms with van der Waals surface area (Å²) in [6.07, 6.45) is 7.49. The van der Waals surface area contributed by atoms with E-state index in [1.54, 1.807) is 48.5 Å². The molecular formula is C42H36N4O2. The standard InChI is InChI=1S/C30H24N4.2C6H6O/c1-21-7-11-25(12-8-21)33-27(23-5-3-15-31-19-23)17-30-29(33)18-28(24-6-4-16-32-20-24)34(30)26-13-9-22(2)10-14-26;2*7-6-4-2-1-3-5-6/h3-20H,1-2H3;2*1-5,7H. The molecule has 0 spiro atoms. The lowest BCUT2D eigenvalue weighted by molar-refractivity contribution is 0.475. The number of fused-ring (bicyclic) bond motifs is 1. The van der Waals surface area contributed by atoms with E-state index in [9.17, 15) is 0 Å². The van der Waals surface area contributed by atoms with Crippen molar-refractivity contribution in [3.8, 4) is 45.4 Å². The van der Waals surface area contributed by atoms with Crippen LogP contribution in [0.25, 0.3) is 44.9 Å². The van der Waals surface area contributed by atoms with Crippen molar-refractivity contribution in [2.45, 2.75) is 13.8 Å². The van der Waals surface area contributed by atoms with Gasteiger partial charge in [0.05, 0.1) is 22.4 Å².